The van der Waals surface area contributed by atoms with E-state index < -0.39 is 24.5 Å². The molecular weight excluding hydrogens is 416 g/mol. The molecule has 0 saturated carbocycles. The highest BCUT2D eigenvalue weighted by Crippen LogP contribution is 2.33. The van der Waals surface area contributed by atoms with Gasteiger partial charge in [0.25, 0.3) is 5.91 Å². The van der Waals surface area contributed by atoms with Crippen molar-refractivity contribution >= 4 is 17.5 Å². The number of nitrogens with zero attached hydrogens (tertiary/aromatic N) is 2. The van der Waals surface area contributed by atoms with Gasteiger partial charge in [0.05, 0.1) is 16.8 Å². The Labute approximate surface area is 169 Å². The first-order valence-electron chi connectivity index (χ1n) is 8.76. The first kappa shape index (κ1) is 21.2. The predicted molar refractivity (Wildman–Crippen MR) is 97.1 cm³/mol. The summed E-state index contributed by atoms with van der Waals surface area (Å²) in [6.45, 7) is 1.17. The predicted octanol–water partition coefficient (Wildman–Crippen LogP) is 5.15. The van der Waals surface area contributed by atoms with Crippen LogP contribution in [0.15, 0.2) is 24.4 Å². The van der Waals surface area contributed by atoms with Crippen LogP contribution in [0.4, 0.5) is 17.6 Å². The van der Waals surface area contributed by atoms with Crippen LogP contribution in [0.3, 0.4) is 0 Å². The lowest BCUT2D eigenvalue weighted by Crippen LogP contribution is -2.28. The van der Waals surface area contributed by atoms with Gasteiger partial charge in [-0.1, -0.05) is 11.6 Å². The van der Waals surface area contributed by atoms with E-state index in [1.165, 1.54) is 19.1 Å². The second-order valence-electron chi connectivity index (χ2n) is 6.56. The Morgan fingerprint density at radius 2 is 1.93 bits per heavy atom. The van der Waals surface area contributed by atoms with Crippen LogP contribution in [0.5, 0.6) is 17.4 Å². The smallest absolute Gasteiger partial charge is 0.422 e. The van der Waals surface area contributed by atoms with Crippen LogP contribution in [-0.2, 0) is 0 Å². The molecule has 1 saturated heterocycles. The molecule has 1 amide bonds. The summed E-state index contributed by atoms with van der Waals surface area (Å²) >= 11 is 6.14. The molecule has 0 N–H and O–H groups in total. The zero-order valence-corrected chi connectivity index (χ0v) is 16.1. The maximum absolute atomic E-state index is 14.5. The zero-order valence-electron chi connectivity index (χ0n) is 15.4. The summed E-state index contributed by atoms with van der Waals surface area (Å²) in [4.78, 5) is 17.7. The molecule has 29 heavy (non-hydrogen) atoms. The molecule has 3 rings (SSSR count). The van der Waals surface area contributed by atoms with Crippen LogP contribution in [0.2, 0.25) is 5.02 Å². The highest BCUT2D eigenvalue weighted by Gasteiger charge is 2.29. The summed E-state index contributed by atoms with van der Waals surface area (Å²) in [5.41, 5.74) is 0.152. The van der Waals surface area contributed by atoms with E-state index in [9.17, 15) is 22.4 Å². The molecule has 1 aliphatic rings. The minimum atomic E-state index is -4.48. The molecule has 0 aliphatic carbocycles. The summed E-state index contributed by atoms with van der Waals surface area (Å²) < 4.78 is 61.3. The standard InChI is InChI=1S/C19H17ClF4N2O3/c1-11-6-12(9-25-17(11)28-10-19(22,23)24)29-16-8-15(21)13(7-14(16)20)18(27)26-4-2-3-5-26/h6-9H,2-5,10H2,1H3. The number of alkyl halides is 3. The maximum atomic E-state index is 14.5. The van der Waals surface area contributed by atoms with E-state index in [0.29, 0.717) is 18.7 Å². The van der Waals surface area contributed by atoms with Gasteiger partial charge >= 0.3 is 6.18 Å². The molecular formula is C19H17ClF4N2O3. The zero-order chi connectivity index (χ0) is 21.2. The molecule has 1 aromatic heterocycles. The third kappa shape index (κ3) is 5.29. The summed E-state index contributed by atoms with van der Waals surface area (Å²) in [6, 6.07) is 3.58. The van der Waals surface area contributed by atoms with Crippen LogP contribution < -0.4 is 9.47 Å². The topological polar surface area (TPSA) is 51.7 Å². The van der Waals surface area contributed by atoms with Gasteiger partial charge in [0.15, 0.2) is 6.61 Å². The lowest BCUT2D eigenvalue weighted by Gasteiger charge is -2.17. The number of amides is 1. The van der Waals surface area contributed by atoms with E-state index in [1.54, 1.807) is 4.90 Å². The van der Waals surface area contributed by atoms with Crippen molar-refractivity contribution in [3.05, 3.63) is 46.4 Å². The monoisotopic (exact) mass is 432 g/mol. The molecule has 2 aromatic rings. The molecule has 0 radical (unpaired) electrons. The van der Waals surface area contributed by atoms with Crippen LogP contribution in [0, 0.1) is 12.7 Å². The molecule has 2 heterocycles. The second kappa shape index (κ2) is 8.44. The van der Waals surface area contributed by atoms with Gasteiger partial charge in [-0.05, 0) is 31.9 Å². The number of likely N-dealkylation sites (tertiary alicyclic amines) is 1. The van der Waals surface area contributed by atoms with E-state index >= 15 is 0 Å². The highest BCUT2D eigenvalue weighted by molar-refractivity contribution is 6.32. The van der Waals surface area contributed by atoms with Gasteiger partial charge in [-0.2, -0.15) is 13.2 Å². The maximum Gasteiger partial charge on any atom is 0.422 e. The Balaban J connectivity index is 1.75. The van der Waals surface area contributed by atoms with Crippen LogP contribution in [-0.4, -0.2) is 41.7 Å². The van der Waals surface area contributed by atoms with Crippen molar-refractivity contribution in [2.24, 2.45) is 0 Å². The number of rotatable bonds is 5. The van der Waals surface area contributed by atoms with Gasteiger partial charge in [0, 0.05) is 24.7 Å². The van der Waals surface area contributed by atoms with Crippen molar-refractivity contribution in [1.29, 1.82) is 0 Å². The minimum absolute atomic E-state index is 0.0176. The van der Waals surface area contributed by atoms with Gasteiger partial charge in [-0.3, -0.25) is 4.79 Å². The fraction of sp³-hybridized carbons (Fsp3) is 0.368. The number of ether oxygens (including phenoxy) is 2. The molecule has 0 atom stereocenters. The SMILES string of the molecule is Cc1cc(Oc2cc(F)c(C(=O)N3CCCC3)cc2Cl)cnc1OCC(F)(F)F. The van der Waals surface area contributed by atoms with Crippen LogP contribution in [0.25, 0.3) is 0 Å². The van der Waals surface area contributed by atoms with Crippen molar-refractivity contribution in [2.75, 3.05) is 19.7 Å². The lowest BCUT2D eigenvalue weighted by molar-refractivity contribution is -0.154. The Bertz CT molecular complexity index is 915. The second-order valence-corrected chi connectivity index (χ2v) is 6.97. The molecule has 156 valence electrons. The van der Waals surface area contributed by atoms with Crippen molar-refractivity contribution in [3.8, 4) is 17.4 Å². The van der Waals surface area contributed by atoms with E-state index in [0.717, 1.165) is 25.1 Å². The molecule has 0 unspecified atom stereocenters. The number of pyridine rings is 1. The van der Waals surface area contributed by atoms with Crippen molar-refractivity contribution in [1.82, 2.24) is 9.88 Å². The molecule has 0 spiro atoms. The number of aromatic nitrogens is 1. The van der Waals surface area contributed by atoms with Gasteiger partial charge in [0.1, 0.15) is 17.3 Å². The fourth-order valence-electron chi connectivity index (χ4n) is 2.88. The number of aryl methyl sites for hydroxylation is 1. The largest absolute Gasteiger partial charge is 0.468 e. The molecule has 10 heteroatoms. The summed E-state index contributed by atoms with van der Waals surface area (Å²) in [5, 5.41) is 0.0176. The summed E-state index contributed by atoms with van der Waals surface area (Å²) in [6.07, 6.45) is -1.60. The third-order valence-corrected chi connectivity index (χ3v) is 4.55. The summed E-state index contributed by atoms with van der Waals surface area (Å²) in [5.74, 6) is -1.33. The molecule has 0 bridgehead atoms. The third-order valence-electron chi connectivity index (χ3n) is 4.25. The first-order chi connectivity index (χ1) is 13.6. The van der Waals surface area contributed by atoms with E-state index in [2.05, 4.69) is 9.72 Å². The number of hydrogen-bond donors (Lipinski definition) is 0. The quantitative estimate of drug-likeness (QED) is 0.613. The van der Waals surface area contributed by atoms with Gasteiger partial charge < -0.3 is 14.4 Å². The van der Waals surface area contributed by atoms with Crippen molar-refractivity contribution in [2.45, 2.75) is 25.9 Å². The molecule has 1 aromatic carbocycles. The summed E-state index contributed by atoms with van der Waals surface area (Å²) in [7, 11) is 0. The molecule has 5 nitrogen and oxygen atoms in total. The van der Waals surface area contributed by atoms with Crippen molar-refractivity contribution < 1.29 is 31.8 Å². The van der Waals surface area contributed by atoms with E-state index in [4.69, 9.17) is 16.3 Å². The van der Waals surface area contributed by atoms with E-state index in [1.807, 2.05) is 0 Å². The minimum Gasteiger partial charge on any atom is -0.468 e. The molecule has 1 aliphatic heterocycles. The van der Waals surface area contributed by atoms with Gasteiger partial charge in [0.2, 0.25) is 5.88 Å². The number of benzene rings is 1. The Hall–Kier alpha value is -2.55. The van der Waals surface area contributed by atoms with Crippen molar-refractivity contribution in [3.63, 3.8) is 0 Å². The fourth-order valence-corrected chi connectivity index (χ4v) is 3.08. The number of halogens is 5. The Kier molecular flexibility index (Phi) is 6.16. The first-order valence-corrected chi connectivity index (χ1v) is 9.14. The van der Waals surface area contributed by atoms with Gasteiger partial charge in [-0.25, -0.2) is 9.37 Å². The number of hydrogen-bond acceptors (Lipinski definition) is 4. The van der Waals surface area contributed by atoms with Gasteiger partial charge in [-0.15, -0.1) is 0 Å². The normalized spacial score (nSPS) is 14.2. The average Bonchev–Trinajstić information content (AvgIpc) is 3.17. The Morgan fingerprint density at radius 3 is 2.55 bits per heavy atom. The van der Waals surface area contributed by atoms with Crippen LogP contribution in [0.1, 0.15) is 28.8 Å². The van der Waals surface area contributed by atoms with Crippen LogP contribution >= 0.6 is 11.6 Å². The molecule has 1 fully saturated rings. The van der Waals surface area contributed by atoms with E-state index in [-0.39, 0.29) is 28.0 Å². The lowest BCUT2D eigenvalue weighted by atomic mass is 10.1. The Morgan fingerprint density at radius 1 is 1.24 bits per heavy atom. The number of carbonyl (C=O) groups is 1. The average molecular weight is 433 g/mol. The highest BCUT2D eigenvalue weighted by atomic mass is 35.5. The number of carbonyl (C=O) groups excluding carboxylic acids is 1.